The highest BCUT2D eigenvalue weighted by atomic mass is 16.8. The molecular weight excluding hydrogens is 1080 g/mol. The Hall–Kier alpha value is -1.73. The summed E-state index contributed by atoms with van der Waals surface area (Å²) in [5.74, 6) is -0.274. The summed E-state index contributed by atoms with van der Waals surface area (Å²) in [6.07, 6.45) is 25.8. The summed E-state index contributed by atoms with van der Waals surface area (Å²) < 4.78 is 34.3. The summed E-state index contributed by atoms with van der Waals surface area (Å²) in [5, 5.41) is 120. The van der Waals surface area contributed by atoms with Gasteiger partial charge < -0.3 is 89.9 Å². The van der Waals surface area contributed by atoms with Gasteiger partial charge in [0, 0.05) is 6.42 Å². The number of rotatable bonds is 51. The number of ether oxygens (including phenoxy) is 6. The van der Waals surface area contributed by atoms with Crippen LogP contribution in [0.2, 0.25) is 0 Å². The van der Waals surface area contributed by atoms with E-state index in [0.29, 0.717) is 6.42 Å². The van der Waals surface area contributed by atoms with Crippen LogP contribution >= 0.6 is 0 Å². The fraction of sp³-hybridized carbons (Fsp3) is 0.923. The van der Waals surface area contributed by atoms with Crippen LogP contribution in [0.1, 0.15) is 251 Å². The van der Waals surface area contributed by atoms with Gasteiger partial charge in [0.15, 0.2) is 18.9 Å². The first-order valence-electron chi connectivity index (χ1n) is 33.6. The van der Waals surface area contributed by atoms with E-state index < -0.39 is 124 Å². The maximum Gasteiger partial charge on any atom is 0.220 e. The Morgan fingerprint density at radius 2 is 0.750 bits per heavy atom. The summed E-state index contributed by atoms with van der Waals surface area (Å²) in [6.45, 7) is 1.75. The van der Waals surface area contributed by atoms with Crippen LogP contribution in [-0.2, 0) is 33.2 Å². The normalized spacial score (nSPS) is 29.3. The van der Waals surface area contributed by atoms with Crippen molar-refractivity contribution in [3.63, 3.8) is 0 Å². The van der Waals surface area contributed by atoms with Crippen molar-refractivity contribution in [3.8, 4) is 0 Å². The highest BCUT2D eigenvalue weighted by molar-refractivity contribution is 5.76. The van der Waals surface area contributed by atoms with Crippen LogP contribution in [0.25, 0.3) is 0 Å². The monoisotopic (exact) mass is 1200 g/mol. The summed E-state index contributed by atoms with van der Waals surface area (Å²) in [6, 6.07) is -0.971. The molecule has 0 radical (unpaired) electrons. The van der Waals surface area contributed by atoms with Gasteiger partial charge in [0.05, 0.1) is 38.6 Å². The Morgan fingerprint density at radius 1 is 0.417 bits per heavy atom. The third kappa shape index (κ3) is 30.7. The van der Waals surface area contributed by atoms with E-state index in [4.69, 9.17) is 28.4 Å². The minimum atomic E-state index is -1.98. The van der Waals surface area contributed by atoms with Gasteiger partial charge in [-0.2, -0.15) is 0 Å². The molecule has 0 aromatic rings. The second-order valence-corrected chi connectivity index (χ2v) is 24.3. The number of carbonyl (C=O) groups is 1. The average molecular weight is 1200 g/mol. The van der Waals surface area contributed by atoms with E-state index in [0.717, 1.165) is 44.9 Å². The number of unbranched alkanes of at least 4 members (excludes halogenated alkanes) is 33. The number of hydrogen-bond donors (Lipinski definition) is 12. The highest BCUT2D eigenvalue weighted by Gasteiger charge is 2.53. The molecule has 0 aliphatic carbocycles. The molecule has 1 amide bonds. The number of carbonyl (C=O) groups excluding carboxylic acids is 1. The number of nitrogens with one attached hydrogen (secondary N) is 1. The van der Waals surface area contributed by atoms with Crippen molar-refractivity contribution in [2.75, 3.05) is 26.4 Å². The molecule has 3 saturated heterocycles. The molecular formula is C65H121NO18. The van der Waals surface area contributed by atoms with Crippen molar-refractivity contribution < 1.29 is 89.4 Å². The van der Waals surface area contributed by atoms with Crippen molar-refractivity contribution in [1.29, 1.82) is 0 Å². The molecule has 3 rings (SSSR count). The topological polar surface area (TPSA) is 307 Å². The molecule has 3 aliphatic rings. The molecule has 0 spiro atoms. The number of amides is 1. The molecule has 3 fully saturated rings. The van der Waals surface area contributed by atoms with Crippen LogP contribution < -0.4 is 5.32 Å². The van der Waals surface area contributed by atoms with Gasteiger partial charge in [-0.25, -0.2) is 0 Å². The lowest BCUT2D eigenvalue weighted by atomic mass is 9.96. The number of aliphatic hydroxyl groups excluding tert-OH is 11. The van der Waals surface area contributed by atoms with Gasteiger partial charge in [-0.05, 0) is 44.9 Å². The van der Waals surface area contributed by atoms with Crippen LogP contribution in [0, 0.1) is 0 Å². The first kappa shape index (κ1) is 76.5. The van der Waals surface area contributed by atoms with Crippen molar-refractivity contribution >= 4 is 5.91 Å². The maximum atomic E-state index is 13.4. The molecule has 0 aromatic heterocycles. The van der Waals surface area contributed by atoms with Crippen LogP contribution in [0.5, 0.6) is 0 Å². The van der Waals surface area contributed by atoms with Gasteiger partial charge in [0.25, 0.3) is 0 Å². The molecule has 3 heterocycles. The second kappa shape index (κ2) is 48.2. The van der Waals surface area contributed by atoms with E-state index in [-0.39, 0.29) is 18.9 Å². The third-order valence-electron chi connectivity index (χ3n) is 17.0. The van der Waals surface area contributed by atoms with Crippen LogP contribution in [0.15, 0.2) is 24.3 Å². The number of aliphatic hydroxyl groups is 11. The van der Waals surface area contributed by atoms with Gasteiger partial charge in [-0.1, -0.05) is 224 Å². The molecule has 17 atom stereocenters. The first-order chi connectivity index (χ1) is 40.8. The minimum absolute atomic E-state index is 0.245. The molecule has 494 valence electrons. The molecule has 19 heteroatoms. The molecule has 17 unspecified atom stereocenters. The summed E-state index contributed by atoms with van der Waals surface area (Å²) in [4.78, 5) is 13.4. The molecule has 3 aliphatic heterocycles. The summed E-state index contributed by atoms with van der Waals surface area (Å²) >= 11 is 0. The molecule has 84 heavy (non-hydrogen) atoms. The zero-order valence-corrected chi connectivity index (χ0v) is 51.9. The summed E-state index contributed by atoms with van der Waals surface area (Å²) in [7, 11) is 0. The number of allylic oxidation sites excluding steroid dienone is 3. The van der Waals surface area contributed by atoms with Crippen molar-refractivity contribution in [3.05, 3.63) is 24.3 Å². The van der Waals surface area contributed by atoms with Gasteiger partial charge in [-0.3, -0.25) is 4.79 Å². The highest BCUT2D eigenvalue weighted by Crippen LogP contribution is 2.33. The zero-order valence-electron chi connectivity index (χ0n) is 51.9. The fourth-order valence-electron chi connectivity index (χ4n) is 11.5. The maximum absolute atomic E-state index is 13.4. The first-order valence-corrected chi connectivity index (χ1v) is 33.6. The van der Waals surface area contributed by atoms with Gasteiger partial charge in [-0.15, -0.1) is 0 Å². The lowest BCUT2D eigenvalue weighted by Gasteiger charge is -2.48. The van der Waals surface area contributed by atoms with E-state index in [2.05, 4.69) is 31.3 Å². The van der Waals surface area contributed by atoms with Crippen LogP contribution in [0.3, 0.4) is 0 Å². The zero-order chi connectivity index (χ0) is 61.2. The van der Waals surface area contributed by atoms with Gasteiger partial charge in [0.2, 0.25) is 5.91 Å². The van der Waals surface area contributed by atoms with E-state index >= 15 is 0 Å². The quantitative estimate of drug-likeness (QED) is 0.0204. The van der Waals surface area contributed by atoms with Crippen molar-refractivity contribution in [1.82, 2.24) is 5.32 Å². The van der Waals surface area contributed by atoms with Crippen LogP contribution in [0.4, 0.5) is 0 Å². The Labute approximate surface area is 505 Å². The second-order valence-electron chi connectivity index (χ2n) is 24.3. The van der Waals surface area contributed by atoms with Gasteiger partial charge >= 0.3 is 0 Å². The van der Waals surface area contributed by atoms with Crippen molar-refractivity contribution in [2.45, 2.75) is 356 Å². The Bertz CT molecular complexity index is 1630. The lowest BCUT2D eigenvalue weighted by molar-refractivity contribution is -0.379. The van der Waals surface area contributed by atoms with Gasteiger partial charge in [0.1, 0.15) is 73.2 Å². The molecule has 12 N–H and O–H groups in total. The van der Waals surface area contributed by atoms with E-state index in [1.165, 1.54) is 180 Å². The molecule has 0 saturated carbocycles. The van der Waals surface area contributed by atoms with E-state index in [1.54, 1.807) is 6.08 Å². The largest absolute Gasteiger partial charge is 0.394 e. The Balaban J connectivity index is 1.45. The minimum Gasteiger partial charge on any atom is -0.394 e. The van der Waals surface area contributed by atoms with E-state index in [9.17, 15) is 61.0 Å². The molecule has 19 nitrogen and oxygen atoms in total. The fourth-order valence-corrected chi connectivity index (χ4v) is 11.5. The summed E-state index contributed by atoms with van der Waals surface area (Å²) in [5.41, 5.74) is 0. The Morgan fingerprint density at radius 3 is 1.15 bits per heavy atom. The smallest absolute Gasteiger partial charge is 0.220 e. The predicted octanol–water partition coefficient (Wildman–Crippen LogP) is 7.88. The third-order valence-corrected chi connectivity index (χ3v) is 17.0. The lowest BCUT2D eigenvalue weighted by Crippen LogP contribution is -2.66. The molecule has 0 bridgehead atoms. The number of hydrogen-bond acceptors (Lipinski definition) is 18. The Kier molecular flexibility index (Phi) is 43.9. The van der Waals surface area contributed by atoms with E-state index in [1.807, 2.05) is 6.08 Å². The average Bonchev–Trinajstić information content (AvgIpc) is 3.69. The van der Waals surface area contributed by atoms with Crippen molar-refractivity contribution in [2.24, 2.45) is 0 Å². The van der Waals surface area contributed by atoms with Crippen LogP contribution in [-0.4, -0.2) is 193 Å². The standard InChI is InChI=1S/C65H121NO18/c1-3-5-7-9-11-13-15-17-19-21-22-23-24-25-26-27-29-31-33-35-37-39-41-43-53(71)66-48(49(70)42-40-38-36-34-32-30-28-20-18-16-14-12-10-8-6-4-2)47-79-63-59(77)56(74)61(51(45-68)81-63)84-65-60(78)57(75)62(52(46-69)82-65)83-64-58(76)55(73)54(72)50(44-67)80-64/h21-22,40,42,48-52,54-65,67-70,72-78H,3-20,23-39,41,43-47H2,1-2H3,(H,66,71)/b22-21-,42-40+. The predicted molar refractivity (Wildman–Crippen MR) is 323 cm³/mol. The SMILES string of the molecule is CCCCCCCCCC/C=C\CCCCCCCCCCCCCC(=O)NC(COC1OC(CO)C(OC2OC(CO)C(OC3OC(CO)C(O)C(O)C3O)C(O)C2O)C(O)C1O)C(O)/C=C/CCCCCCCCCCCCCCCC. The molecule has 0 aromatic carbocycles.